The van der Waals surface area contributed by atoms with Gasteiger partial charge in [-0.1, -0.05) is 6.92 Å². The summed E-state index contributed by atoms with van der Waals surface area (Å²) >= 11 is 0. The van der Waals surface area contributed by atoms with Crippen LogP contribution >= 0.6 is 0 Å². The third-order valence-corrected chi connectivity index (χ3v) is 2.95. The number of hydrogen-bond acceptors (Lipinski definition) is 3. The second-order valence-corrected chi connectivity index (χ2v) is 4.39. The Morgan fingerprint density at radius 1 is 1.62 bits per heavy atom. The lowest BCUT2D eigenvalue weighted by Crippen LogP contribution is -2.48. The topological polar surface area (TPSA) is 35.5 Å². The maximum atomic E-state index is 11.7. The number of fused-ring (bicyclic) bond motifs is 2. The number of Topliss-reactive ketones (excluding diaryl/α,β-unsaturated/α-hetero) is 1. The number of hydrogen-bond donors (Lipinski definition) is 0. The van der Waals surface area contributed by atoms with Crippen LogP contribution in [-0.2, 0) is 14.3 Å². The second kappa shape index (κ2) is 2.55. The van der Waals surface area contributed by atoms with Crippen molar-refractivity contribution in [2.24, 2.45) is 0 Å². The second-order valence-electron chi connectivity index (χ2n) is 4.39. The van der Waals surface area contributed by atoms with Crippen LogP contribution in [0, 0.1) is 0 Å². The van der Waals surface area contributed by atoms with Crippen LogP contribution in [0.4, 0.5) is 0 Å². The van der Waals surface area contributed by atoms with Gasteiger partial charge in [-0.05, 0) is 13.8 Å². The molecule has 2 aliphatic heterocycles. The Balaban J connectivity index is 2.33. The van der Waals surface area contributed by atoms with Gasteiger partial charge in [-0.2, -0.15) is 0 Å². The molecule has 3 atom stereocenters. The number of ether oxygens (including phenoxy) is 2. The minimum Gasteiger partial charge on any atom is -0.340 e. The van der Waals surface area contributed by atoms with Gasteiger partial charge < -0.3 is 9.47 Å². The summed E-state index contributed by atoms with van der Waals surface area (Å²) in [5, 5.41) is 0. The third kappa shape index (κ3) is 1.22. The molecule has 0 spiro atoms. The van der Waals surface area contributed by atoms with E-state index in [9.17, 15) is 4.79 Å². The summed E-state index contributed by atoms with van der Waals surface area (Å²) in [5.74, 6) is -0.797. The first kappa shape index (κ1) is 9.16. The minimum absolute atomic E-state index is 0.113. The fourth-order valence-corrected chi connectivity index (χ4v) is 2.50. The molecule has 2 heterocycles. The summed E-state index contributed by atoms with van der Waals surface area (Å²) in [5.41, 5.74) is -0.273. The van der Waals surface area contributed by atoms with Gasteiger partial charge in [-0.15, -0.1) is 0 Å². The molecule has 0 aromatic carbocycles. The first-order valence-electron chi connectivity index (χ1n) is 4.91. The standard InChI is InChI=1S/C10H16O3/c1-4-10-8(11)6-9(3,13-10)5-7(2)12-10/h7H,4-6H2,1-3H3/t7-,9+,10+/m1/s1. The normalized spacial score (nSPS) is 49.8. The molecule has 0 unspecified atom stereocenters. The molecule has 0 saturated carbocycles. The number of carbonyl (C=O) groups excluding carboxylic acids is 1. The molecule has 3 heteroatoms. The van der Waals surface area contributed by atoms with Crippen molar-refractivity contribution in [3.05, 3.63) is 0 Å². The van der Waals surface area contributed by atoms with Crippen molar-refractivity contribution in [1.29, 1.82) is 0 Å². The first-order chi connectivity index (χ1) is 6.00. The summed E-state index contributed by atoms with van der Waals surface area (Å²) in [6.07, 6.45) is 2.07. The van der Waals surface area contributed by atoms with Crippen molar-refractivity contribution in [2.75, 3.05) is 0 Å². The molecule has 13 heavy (non-hydrogen) atoms. The summed E-state index contributed by atoms with van der Waals surface area (Å²) in [6, 6.07) is 0. The smallest absolute Gasteiger partial charge is 0.229 e. The molecule has 0 aromatic heterocycles. The zero-order chi connectivity index (χ0) is 9.69. The Hall–Kier alpha value is -0.410. The Labute approximate surface area is 78.4 Å². The average molecular weight is 184 g/mol. The van der Waals surface area contributed by atoms with E-state index in [0.717, 1.165) is 6.42 Å². The van der Waals surface area contributed by atoms with Crippen molar-refractivity contribution < 1.29 is 14.3 Å². The largest absolute Gasteiger partial charge is 0.340 e. The summed E-state index contributed by atoms with van der Waals surface area (Å²) < 4.78 is 11.4. The summed E-state index contributed by atoms with van der Waals surface area (Å²) in [4.78, 5) is 11.7. The molecule has 2 rings (SSSR count). The molecule has 0 aromatic rings. The van der Waals surface area contributed by atoms with Crippen LogP contribution < -0.4 is 0 Å². The van der Waals surface area contributed by atoms with Crippen LogP contribution in [0.3, 0.4) is 0 Å². The quantitative estimate of drug-likeness (QED) is 0.621. The molecular weight excluding hydrogens is 168 g/mol. The van der Waals surface area contributed by atoms with Gasteiger partial charge >= 0.3 is 0 Å². The van der Waals surface area contributed by atoms with Crippen LogP contribution in [0.2, 0.25) is 0 Å². The van der Waals surface area contributed by atoms with Gasteiger partial charge in [-0.3, -0.25) is 4.79 Å². The van der Waals surface area contributed by atoms with Crippen molar-refractivity contribution in [2.45, 2.75) is 57.5 Å². The lowest BCUT2D eigenvalue weighted by atomic mass is 9.96. The fourth-order valence-electron chi connectivity index (χ4n) is 2.50. The predicted molar refractivity (Wildman–Crippen MR) is 47.3 cm³/mol. The average Bonchev–Trinajstić information content (AvgIpc) is 2.18. The van der Waals surface area contributed by atoms with Gasteiger partial charge in [0.25, 0.3) is 0 Å². The monoisotopic (exact) mass is 184 g/mol. The molecule has 0 N–H and O–H groups in total. The molecule has 2 fully saturated rings. The van der Waals surface area contributed by atoms with Crippen molar-refractivity contribution in [1.82, 2.24) is 0 Å². The fraction of sp³-hybridized carbons (Fsp3) is 0.900. The van der Waals surface area contributed by atoms with E-state index >= 15 is 0 Å². The Bertz CT molecular complexity index is 251. The number of carbonyl (C=O) groups is 1. The van der Waals surface area contributed by atoms with E-state index < -0.39 is 5.79 Å². The van der Waals surface area contributed by atoms with E-state index in [1.807, 2.05) is 20.8 Å². The van der Waals surface area contributed by atoms with Gasteiger partial charge in [0.2, 0.25) is 5.79 Å². The molecule has 0 amide bonds. The predicted octanol–water partition coefficient (Wildman–Crippen LogP) is 1.65. The Morgan fingerprint density at radius 3 is 2.92 bits per heavy atom. The molecule has 2 bridgehead atoms. The van der Waals surface area contributed by atoms with E-state index in [-0.39, 0.29) is 17.5 Å². The maximum Gasteiger partial charge on any atom is 0.229 e. The zero-order valence-corrected chi connectivity index (χ0v) is 8.42. The third-order valence-electron chi connectivity index (χ3n) is 2.95. The molecule has 74 valence electrons. The van der Waals surface area contributed by atoms with E-state index in [2.05, 4.69) is 0 Å². The molecule has 2 saturated heterocycles. The Morgan fingerprint density at radius 2 is 2.31 bits per heavy atom. The van der Waals surface area contributed by atoms with Crippen LogP contribution in [-0.4, -0.2) is 23.3 Å². The van der Waals surface area contributed by atoms with Crippen LogP contribution in [0.15, 0.2) is 0 Å². The summed E-state index contributed by atoms with van der Waals surface area (Å²) in [6.45, 7) is 5.94. The highest BCUT2D eigenvalue weighted by molar-refractivity contribution is 5.89. The highest BCUT2D eigenvalue weighted by atomic mass is 16.7. The molecule has 0 aliphatic carbocycles. The molecule has 3 nitrogen and oxygen atoms in total. The Kier molecular flexibility index (Phi) is 1.79. The number of ketones is 1. The van der Waals surface area contributed by atoms with Crippen molar-refractivity contribution in [3.8, 4) is 0 Å². The van der Waals surface area contributed by atoms with E-state index in [1.165, 1.54) is 0 Å². The minimum atomic E-state index is -0.910. The molecule has 2 aliphatic rings. The first-order valence-corrected chi connectivity index (χ1v) is 4.91. The van der Waals surface area contributed by atoms with E-state index in [0.29, 0.717) is 12.8 Å². The highest BCUT2D eigenvalue weighted by Crippen LogP contribution is 2.45. The van der Waals surface area contributed by atoms with Crippen LogP contribution in [0.1, 0.15) is 40.0 Å². The summed E-state index contributed by atoms with van der Waals surface area (Å²) in [7, 11) is 0. The van der Waals surface area contributed by atoms with Gasteiger partial charge in [0, 0.05) is 19.3 Å². The van der Waals surface area contributed by atoms with Gasteiger partial charge in [0.1, 0.15) is 0 Å². The van der Waals surface area contributed by atoms with E-state index in [4.69, 9.17) is 9.47 Å². The SMILES string of the molecule is CC[C@@]12O[C@H](C)C[C@@](C)(CC1=O)O2. The molecule has 0 radical (unpaired) electrons. The zero-order valence-electron chi connectivity index (χ0n) is 8.42. The van der Waals surface area contributed by atoms with Crippen molar-refractivity contribution in [3.63, 3.8) is 0 Å². The van der Waals surface area contributed by atoms with Gasteiger partial charge in [0.15, 0.2) is 5.78 Å². The lowest BCUT2D eigenvalue weighted by Gasteiger charge is -2.39. The van der Waals surface area contributed by atoms with E-state index in [1.54, 1.807) is 0 Å². The van der Waals surface area contributed by atoms with Crippen LogP contribution in [0.5, 0.6) is 0 Å². The highest BCUT2D eigenvalue weighted by Gasteiger charge is 2.58. The van der Waals surface area contributed by atoms with Crippen LogP contribution in [0.25, 0.3) is 0 Å². The van der Waals surface area contributed by atoms with Crippen molar-refractivity contribution >= 4 is 5.78 Å². The van der Waals surface area contributed by atoms with Gasteiger partial charge in [0.05, 0.1) is 11.7 Å². The lowest BCUT2D eigenvalue weighted by molar-refractivity contribution is -0.297. The van der Waals surface area contributed by atoms with Gasteiger partial charge in [-0.25, -0.2) is 0 Å². The molecular formula is C10H16O3. The number of rotatable bonds is 1. The maximum absolute atomic E-state index is 11.7.